The summed E-state index contributed by atoms with van der Waals surface area (Å²) in [5.74, 6) is 0.607. The van der Waals surface area contributed by atoms with Crippen LogP contribution in [0.4, 0.5) is 5.69 Å². The Hall–Kier alpha value is -1.61. The van der Waals surface area contributed by atoms with Crippen molar-refractivity contribution < 1.29 is 0 Å². The van der Waals surface area contributed by atoms with Crippen LogP contribution in [-0.2, 0) is 0 Å². The summed E-state index contributed by atoms with van der Waals surface area (Å²) in [4.78, 5) is 7.10. The molecule has 3 heteroatoms. The molecule has 112 valence electrons. The van der Waals surface area contributed by atoms with Crippen LogP contribution in [0.1, 0.15) is 31.4 Å². The van der Waals surface area contributed by atoms with Gasteiger partial charge in [-0.1, -0.05) is 31.0 Å². The van der Waals surface area contributed by atoms with Gasteiger partial charge in [0.15, 0.2) is 0 Å². The van der Waals surface area contributed by atoms with Gasteiger partial charge in [-0.3, -0.25) is 4.98 Å². The number of nitrogens with zero attached hydrogens (tertiary/aromatic N) is 2. The van der Waals surface area contributed by atoms with Crippen LogP contribution >= 0.6 is 0 Å². The van der Waals surface area contributed by atoms with E-state index in [0.29, 0.717) is 12.0 Å². The van der Waals surface area contributed by atoms with E-state index in [9.17, 15) is 0 Å². The second-order valence-electron chi connectivity index (χ2n) is 6.26. The fourth-order valence-electron chi connectivity index (χ4n) is 3.73. The van der Waals surface area contributed by atoms with Gasteiger partial charge in [-0.15, -0.1) is 0 Å². The first kappa shape index (κ1) is 14.3. The third kappa shape index (κ3) is 2.75. The van der Waals surface area contributed by atoms with E-state index in [1.54, 1.807) is 0 Å². The van der Waals surface area contributed by atoms with Crippen molar-refractivity contribution in [2.75, 3.05) is 18.5 Å². The standard InChI is InChI=1S/C18H25N3/c1-13-11-18(15-8-4-5-9-16(15)20-13)21(2)17-10-6-3-7-14(17)12-19/h4-5,8-9,11,14,17H,3,6-7,10,12,19H2,1-2H3. The number of nitrogens with two attached hydrogens (primary N) is 1. The van der Waals surface area contributed by atoms with Crippen molar-refractivity contribution in [3.8, 4) is 0 Å². The summed E-state index contributed by atoms with van der Waals surface area (Å²) in [6, 6.07) is 11.2. The number of aromatic nitrogens is 1. The first-order chi connectivity index (χ1) is 10.2. The van der Waals surface area contributed by atoms with Crippen LogP contribution in [-0.4, -0.2) is 24.6 Å². The van der Waals surface area contributed by atoms with Gasteiger partial charge in [-0.25, -0.2) is 0 Å². The Morgan fingerprint density at radius 3 is 2.81 bits per heavy atom. The fourth-order valence-corrected chi connectivity index (χ4v) is 3.73. The smallest absolute Gasteiger partial charge is 0.0726 e. The number of benzene rings is 1. The highest BCUT2D eigenvalue weighted by Gasteiger charge is 2.28. The monoisotopic (exact) mass is 283 g/mol. The molecule has 1 aromatic heterocycles. The van der Waals surface area contributed by atoms with Gasteiger partial charge in [0.1, 0.15) is 0 Å². The number of fused-ring (bicyclic) bond motifs is 1. The fraction of sp³-hybridized carbons (Fsp3) is 0.500. The molecule has 1 aliphatic carbocycles. The number of pyridine rings is 1. The third-order valence-electron chi connectivity index (χ3n) is 4.87. The summed E-state index contributed by atoms with van der Waals surface area (Å²) in [6.07, 6.45) is 5.14. The highest BCUT2D eigenvalue weighted by Crippen LogP contribution is 2.33. The van der Waals surface area contributed by atoms with E-state index in [1.165, 1.54) is 36.8 Å². The van der Waals surface area contributed by atoms with Crippen LogP contribution in [0.3, 0.4) is 0 Å². The molecule has 0 radical (unpaired) electrons. The SMILES string of the molecule is Cc1cc(N(C)C2CCCCC2CN)c2ccccc2n1. The molecule has 3 rings (SSSR count). The molecule has 2 atom stereocenters. The van der Waals surface area contributed by atoms with E-state index < -0.39 is 0 Å². The molecule has 21 heavy (non-hydrogen) atoms. The molecular weight excluding hydrogens is 258 g/mol. The summed E-state index contributed by atoms with van der Waals surface area (Å²) in [5.41, 5.74) is 9.47. The Morgan fingerprint density at radius 1 is 1.24 bits per heavy atom. The average molecular weight is 283 g/mol. The summed E-state index contributed by atoms with van der Waals surface area (Å²) in [5, 5.41) is 1.24. The van der Waals surface area contributed by atoms with Gasteiger partial charge in [0.25, 0.3) is 0 Å². The van der Waals surface area contributed by atoms with Crippen LogP contribution < -0.4 is 10.6 Å². The van der Waals surface area contributed by atoms with E-state index in [0.717, 1.165) is 17.8 Å². The molecule has 2 aromatic rings. The Labute approximate surface area is 127 Å². The average Bonchev–Trinajstić information content (AvgIpc) is 2.53. The quantitative estimate of drug-likeness (QED) is 0.937. The summed E-state index contributed by atoms with van der Waals surface area (Å²) < 4.78 is 0. The van der Waals surface area contributed by atoms with Gasteiger partial charge < -0.3 is 10.6 Å². The molecule has 0 saturated heterocycles. The largest absolute Gasteiger partial charge is 0.371 e. The van der Waals surface area contributed by atoms with Crippen molar-refractivity contribution in [3.05, 3.63) is 36.0 Å². The minimum Gasteiger partial charge on any atom is -0.371 e. The van der Waals surface area contributed by atoms with Crippen molar-refractivity contribution in [2.45, 2.75) is 38.6 Å². The molecule has 3 nitrogen and oxygen atoms in total. The van der Waals surface area contributed by atoms with Crippen molar-refractivity contribution in [3.63, 3.8) is 0 Å². The zero-order valence-corrected chi connectivity index (χ0v) is 13.0. The zero-order valence-electron chi connectivity index (χ0n) is 13.0. The lowest BCUT2D eigenvalue weighted by Gasteiger charge is -2.39. The van der Waals surface area contributed by atoms with Gasteiger partial charge in [-0.2, -0.15) is 0 Å². The van der Waals surface area contributed by atoms with Crippen molar-refractivity contribution in [1.29, 1.82) is 0 Å². The Morgan fingerprint density at radius 2 is 2.00 bits per heavy atom. The highest BCUT2D eigenvalue weighted by atomic mass is 15.1. The molecule has 0 bridgehead atoms. The molecule has 1 aromatic carbocycles. The van der Waals surface area contributed by atoms with Crippen molar-refractivity contribution in [1.82, 2.24) is 4.98 Å². The van der Waals surface area contributed by atoms with Gasteiger partial charge in [0.2, 0.25) is 0 Å². The van der Waals surface area contributed by atoms with Crippen molar-refractivity contribution >= 4 is 16.6 Å². The predicted octanol–water partition coefficient (Wildman–Crippen LogP) is 3.50. The summed E-state index contributed by atoms with van der Waals surface area (Å²) >= 11 is 0. The van der Waals surface area contributed by atoms with Crippen molar-refractivity contribution in [2.24, 2.45) is 11.7 Å². The number of anilines is 1. The van der Waals surface area contributed by atoms with Crippen LogP contribution in [0.2, 0.25) is 0 Å². The molecule has 2 N–H and O–H groups in total. The van der Waals surface area contributed by atoms with Gasteiger partial charge >= 0.3 is 0 Å². The van der Waals surface area contributed by atoms with Gasteiger partial charge in [-0.05, 0) is 44.4 Å². The molecule has 0 aliphatic heterocycles. The molecule has 1 fully saturated rings. The third-order valence-corrected chi connectivity index (χ3v) is 4.87. The predicted molar refractivity (Wildman–Crippen MR) is 89.7 cm³/mol. The number of rotatable bonds is 3. The number of hydrogen-bond acceptors (Lipinski definition) is 3. The minimum atomic E-state index is 0.550. The minimum absolute atomic E-state index is 0.550. The van der Waals surface area contributed by atoms with E-state index in [1.807, 2.05) is 0 Å². The van der Waals surface area contributed by atoms with Gasteiger partial charge in [0, 0.05) is 29.9 Å². The van der Waals surface area contributed by atoms with Gasteiger partial charge in [0.05, 0.1) is 5.52 Å². The summed E-state index contributed by atoms with van der Waals surface area (Å²) in [7, 11) is 2.22. The van der Waals surface area contributed by atoms with E-state index in [-0.39, 0.29) is 0 Å². The number of aryl methyl sites for hydroxylation is 1. The van der Waals surface area contributed by atoms with E-state index >= 15 is 0 Å². The second kappa shape index (κ2) is 6.02. The molecule has 1 heterocycles. The summed E-state index contributed by atoms with van der Waals surface area (Å²) in [6.45, 7) is 2.86. The lowest BCUT2D eigenvalue weighted by Crippen LogP contribution is -2.43. The van der Waals surface area contributed by atoms with Crippen LogP contribution in [0.5, 0.6) is 0 Å². The second-order valence-corrected chi connectivity index (χ2v) is 6.26. The van der Waals surface area contributed by atoms with Crippen LogP contribution in [0.25, 0.3) is 10.9 Å². The topological polar surface area (TPSA) is 42.1 Å². The van der Waals surface area contributed by atoms with E-state index in [2.05, 4.69) is 54.2 Å². The molecular formula is C18H25N3. The Balaban J connectivity index is 2.02. The Kier molecular flexibility index (Phi) is 4.11. The molecule has 0 spiro atoms. The molecule has 0 amide bonds. The lowest BCUT2D eigenvalue weighted by atomic mass is 9.83. The molecule has 1 saturated carbocycles. The number of para-hydroxylation sites is 1. The lowest BCUT2D eigenvalue weighted by molar-refractivity contribution is 0.307. The van der Waals surface area contributed by atoms with Crippen LogP contribution in [0.15, 0.2) is 30.3 Å². The maximum absolute atomic E-state index is 6.01. The molecule has 1 aliphatic rings. The Bertz CT molecular complexity index is 623. The first-order valence-corrected chi connectivity index (χ1v) is 8.00. The maximum Gasteiger partial charge on any atom is 0.0726 e. The van der Waals surface area contributed by atoms with E-state index in [4.69, 9.17) is 5.73 Å². The first-order valence-electron chi connectivity index (χ1n) is 8.00. The maximum atomic E-state index is 6.01. The zero-order chi connectivity index (χ0) is 14.8. The number of hydrogen-bond donors (Lipinski definition) is 1. The van der Waals surface area contributed by atoms with Crippen LogP contribution in [0, 0.1) is 12.8 Å². The molecule has 2 unspecified atom stereocenters. The highest BCUT2D eigenvalue weighted by molar-refractivity contribution is 5.92. The normalized spacial score (nSPS) is 22.4.